The zero-order chi connectivity index (χ0) is 63.8. The van der Waals surface area contributed by atoms with E-state index in [4.69, 9.17) is 0 Å². The molecule has 1 aromatic carbocycles. The van der Waals surface area contributed by atoms with Gasteiger partial charge >= 0.3 is 6.18 Å². The number of likely N-dealkylation sites (tertiary alicyclic amines) is 1. The van der Waals surface area contributed by atoms with Gasteiger partial charge in [-0.3, -0.25) is 47.9 Å². The molecular formula is C60H95F4N11O10. The molecule has 4 rings (SSSR count). The molecule has 1 aliphatic heterocycles. The first-order chi connectivity index (χ1) is 39.4. The van der Waals surface area contributed by atoms with Crippen LogP contribution in [0.2, 0.25) is 0 Å². The van der Waals surface area contributed by atoms with Crippen LogP contribution in [0.5, 0.6) is 0 Å². The molecule has 3 aliphatic rings. The predicted molar refractivity (Wildman–Crippen MR) is 311 cm³/mol. The van der Waals surface area contributed by atoms with E-state index in [0.717, 1.165) is 63.5 Å². The number of carbonyl (C=O) groups is 10. The third-order valence-electron chi connectivity index (χ3n) is 15.8. The summed E-state index contributed by atoms with van der Waals surface area (Å²) in [7, 11) is 3.82. The first-order valence-electron chi connectivity index (χ1n) is 30.0. The molecule has 1 saturated heterocycles. The first-order valence-corrected chi connectivity index (χ1v) is 30.0. The second kappa shape index (κ2) is 30.8. The number of carbonyl (C=O) groups excluding carboxylic acids is 10. The van der Waals surface area contributed by atoms with Gasteiger partial charge < -0.3 is 57.7 Å². The van der Waals surface area contributed by atoms with E-state index in [1.165, 1.54) is 58.6 Å². The number of nitrogens with zero attached hydrogens (tertiary/aromatic N) is 2. The van der Waals surface area contributed by atoms with Gasteiger partial charge in [0.15, 0.2) is 0 Å². The lowest BCUT2D eigenvalue weighted by Gasteiger charge is -2.44. The van der Waals surface area contributed by atoms with Gasteiger partial charge in [0.1, 0.15) is 52.6 Å². The molecule has 9 N–H and O–H groups in total. The topological polar surface area (TPSA) is 285 Å². The van der Waals surface area contributed by atoms with Gasteiger partial charge in [-0.25, -0.2) is 4.39 Å². The molecule has 2 aliphatic carbocycles. The summed E-state index contributed by atoms with van der Waals surface area (Å²) >= 11 is 0. The van der Waals surface area contributed by atoms with Crippen molar-refractivity contribution in [2.24, 2.45) is 17.8 Å². The average Bonchev–Trinajstić information content (AvgIpc) is 2.64. The Hall–Kier alpha value is -6.40. The molecular weight excluding hydrogens is 1110 g/mol. The summed E-state index contributed by atoms with van der Waals surface area (Å²) in [5, 5.41) is 23.3. The van der Waals surface area contributed by atoms with Crippen LogP contribution < -0.4 is 47.9 Å². The zero-order valence-electron chi connectivity index (χ0n) is 51.9. The molecule has 25 heteroatoms. The lowest BCUT2D eigenvalue weighted by molar-refractivity contribution is -0.153. The maximum Gasteiger partial charge on any atom is 0.391 e. The van der Waals surface area contributed by atoms with Crippen molar-refractivity contribution in [2.75, 3.05) is 33.7 Å². The fourth-order valence-electron chi connectivity index (χ4n) is 11.0. The summed E-state index contributed by atoms with van der Waals surface area (Å²) in [6, 6.07) is -2.21. The monoisotopic (exact) mass is 1210 g/mol. The average molecular weight is 1210 g/mol. The maximum absolute atomic E-state index is 14.4. The fourth-order valence-corrected chi connectivity index (χ4v) is 11.0. The fraction of sp³-hybridized carbons (Fsp3) is 0.733. The number of hydrogen-bond acceptors (Lipinski definition) is 11. The third-order valence-corrected chi connectivity index (χ3v) is 15.8. The van der Waals surface area contributed by atoms with E-state index in [-0.39, 0.29) is 67.6 Å². The van der Waals surface area contributed by atoms with Crippen LogP contribution in [0.25, 0.3) is 0 Å². The number of benzene rings is 1. The van der Waals surface area contributed by atoms with Crippen molar-refractivity contribution in [3.63, 3.8) is 0 Å². The van der Waals surface area contributed by atoms with Gasteiger partial charge in [-0.15, -0.1) is 0 Å². The summed E-state index contributed by atoms with van der Waals surface area (Å²) in [5.41, 5.74) is -5.59. The molecule has 478 valence electrons. The molecule has 2 saturated carbocycles. The molecule has 3 fully saturated rings. The molecule has 5 atom stereocenters. The number of amides is 10. The number of hydrogen-bond donors (Lipinski definition) is 9. The number of alkyl halides is 3. The minimum Gasteiger partial charge on any atom is -0.354 e. The quantitative estimate of drug-likeness (QED) is 0.0482. The van der Waals surface area contributed by atoms with Crippen molar-refractivity contribution in [1.29, 1.82) is 0 Å². The van der Waals surface area contributed by atoms with E-state index in [1.54, 1.807) is 13.8 Å². The van der Waals surface area contributed by atoms with E-state index in [1.807, 2.05) is 32.8 Å². The molecule has 85 heavy (non-hydrogen) atoms. The Bertz CT molecular complexity index is 2510. The van der Waals surface area contributed by atoms with Crippen molar-refractivity contribution in [1.82, 2.24) is 57.7 Å². The molecule has 0 unspecified atom stereocenters. The van der Waals surface area contributed by atoms with Crippen LogP contribution >= 0.6 is 0 Å². The summed E-state index contributed by atoms with van der Waals surface area (Å²) in [5.74, 6) is -8.74. The van der Waals surface area contributed by atoms with E-state index in [9.17, 15) is 65.5 Å². The Balaban J connectivity index is 1.43. The second-order valence-corrected chi connectivity index (χ2v) is 26.3. The smallest absolute Gasteiger partial charge is 0.354 e. The summed E-state index contributed by atoms with van der Waals surface area (Å²) in [6.45, 7) is 15.6. The molecule has 0 radical (unpaired) electrons. The van der Waals surface area contributed by atoms with Gasteiger partial charge in [0.25, 0.3) is 5.91 Å². The number of nitrogens with one attached hydrogen (secondary N) is 9. The molecule has 10 amide bonds. The van der Waals surface area contributed by atoms with Crippen molar-refractivity contribution >= 4 is 59.1 Å². The molecule has 21 nitrogen and oxygen atoms in total. The summed E-state index contributed by atoms with van der Waals surface area (Å²) < 4.78 is 56.2. The van der Waals surface area contributed by atoms with Crippen molar-refractivity contribution < 1.29 is 65.5 Å². The lowest BCUT2D eigenvalue weighted by atomic mass is 9.76. The molecule has 1 aromatic rings. The van der Waals surface area contributed by atoms with Crippen LogP contribution in [0.3, 0.4) is 0 Å². The van der Waals surface area contributed by atoms with Crippen molar-refractivity contribution in [3.8, 4) is 0 Å². The van der Waals surface area contributed by atoms with Crippen molar-refractivity contribution in [3.05, 3.63) is 35.6 Å². The van der Waals surface area contributed by atoms with Gasteiger partial charge in [-0.1, -0.05) is 59.8 Å². The number of likely N-dealkylation sites (N-methyl/N-ethyl adjacent to an activating group) is 1. The van der Waals surface area contributed by atoms with Crippen LogP contribution in [-0.2, 0) is 43.2 Å². The largest absolute Gasteiger partial charge is 0.391 e. The Morgan fingerprint density at radius 3 is 1.69 bits per heavy atom. The van der Waals surface area contributed by atoms with Crippen LogP contribution in [0.15, 0.2) is 24.3 Å². The van der Waals surface area contributed by atoms with Crippen LogP contribution in [0.4, 0.5) is 17.6 Å². The van der Waals surface area contributed by atoms with Crippen molar-refractivity contribution in [2.45, 2.75) is 231 Å². The van der Waals surface area contributed by atoms with E-state index in [2.05, 4.69) is 47.9 Å². The highest BCUT2D eigenvalue weighted by Crippen LogP contribution is 2.33. The van der Waals surface area contributed by atoms with E-state index >= 15 is 0 Å². The second-order valence-electron chi connectivity index (χ2n) is 26.3. The SMILES string of the molecule is CC(C)C[C@H](NC(=O)[C@H](CCC1CCCCC1)NC(=O)[C@@H]1CCCN1C(=O)c1ccc(F)cc1)C(=O)NC(C)(C)C(=O)N[C@@H](CC(C)C)C(=O)N[C@@H](CC(F)(F)F)C(=O)NC(C)(C)C(=O)NC(C)(C)C(=O)NCCC(=O)NC1(CN(C)C)CCC1. The third kappa shape index (κ3) is 22.4. The van der Waals surface area contributed by atoms with Gasteiger partial charge in [-0.05, 0) is 155 Å². The van der Waals surface area contributed by atoms with Gasteiger partial charge in [0, 0.05) is 31.6 Å². The van der Waals surface area contributed by atoms with Crippen LogP contribution in [0, 0.1) is 23.6 Å². The highest BCUT2D eigenvalue weighted by molar-refractivity contribution is 6.01. The Morgan fingerprint density at radius 2 is 1.15 bits per heavy atom. The van der Waals surface area contributed by atoms with E-state index < -0.39 is 118 Å². The minimum absolute atomic E-state index is 0.0445. The molecule has 1 heterocycles. The minimum atomic E-state index is -5.03. The molecule has 0 spiro atoms. The predicted octanol–water partition coefficient (Wildman–Crippen LogP) is 4.57. The maximum atomic E-state index is 14.4. The normalized spacial score (nSPS) is 18.0. The Labute approximate surface area is 498 Å². The summed E-state index contributed by atoms with van der Waals surface area (Å²) in [4.78, 5) is 141. The highest BCUT2D eigenvalue weighted by atomic mass is 19.4. The van der Waals surface area contributed by atoms with Gasteiger partial charge in [0.05, 0.1) is 12.0 Å². The van der Waals surface area contributed by atoms with E-state index in [0.29, 0.717) is 31.7 Å². The van der Waals surface area contributed by atoms with Crippen LogP contribution in [-0.4, -0.2) is 161 Å². The number of rotatable bonds is 30. The first kappa shape index (κ1) is 71.1. The highest BCUT2D eigenvalue weighted by Gasteiger charge is 2.44. The zero-order valence-corrected chi connectivity index (χ0v) is 51.9. The van der Waals surface area contributed by atoms with Gasteiger partial charge in [0.2, 0.25) is 53.2 Å². The summed E-state index contributed by atoms with van der Waals surface area (Å²) in [6.07, 6.45) is 2.33. The number of halogens is 4. The Kier molecular flexibility index (Phi) is 25.8. The van der Waals surface area contributed by atoms with Crippen LogP contribution in [0.1, 0.15) is 182 Å². The lowest BCUT2D eigenvalue weighted by Crippen LogP contribution is -2.65. The molecule has 0 aromatic heterocycles. The Morgan fingerprint density at radius 1 is 0.624 bits per heavy atom. The van der Waals surface area contributed by atoms with Gasteiger partial charge in [-0.2, -0.15) is 13.2 Å². The standard InChI is InChI=1S/C60H95F4N11O10/c1-36(2)32-42(48(78)68-44(34-60(62,63)64)50(80)72-58(9,10)55(85)73-56(5,6)53(83)65-30-27-46(76)70-59(28-17-29-59)35-74(11)12)69-54(84)57(7,8)71-49(79)43(33-37(3)4)67-47(77)41(26-21-38-18-14-13-15-19-38)66-51(81)45-20-16-31-75(45)52(82)39-22-24-40(61)25-23-39/h22-25,36-38,41-45H,13-21,26-35H2,1-12H3,(H,65,83)(H,66,81)(H,67,77)(H,68,78)(H,69,84)(H,70,76)(H,71,79)(H,72,80)(H,73,85)/t41-,42-,43-,44-,45-/m0/s1. The molecule has 0 bridgehead atoms.